The summed E-state index contributed by atoms with van der Waals surface area (Å²) in [6.45, 7) is 8.75. The zero-order valence-electron chi connectivity index (χ0n) is 23.2. The van der Waals surface area contributed by atoms with Crippen LogP contribution in [0.3, 0.4) is 0 Å². The van der Waals surface area contributed by atoms with E-state index in [1.54, 1.807) is 25.4 Å². The van der Waals surface area contributed by atoms with E-state index in [1.807, 2.05) is 74.2 Å². The standard InChI is InChI=1S/C32H37N3O4/c1-5-39-29(36)16-23-15-26(19-33-18-23)28-14-13-25(30(37)34-32(2,3)4)17-27(28)21-35(31(38)24-11-12-24)20-22-9-7-6-8-10-22/h6-10,13-15,17-19,24H,5,11-12,16,20-21H2,1-4H3,(H,34,37). The quantitative estimate of drug-likeness (QED) is 0.361. The first-order valence-electron chi connectivity index (χ1n) is 13.5. The van der Waals surface area contributed by atoms with Crippen molar-refractivity contribution in [1.82, 2.24) is 15.2 Å². The molecule has 0 unspecified atom stereocenters. The van der Waals surface area contributed by atoms with Gasteiger partial charge in [-0.3, -0.25) is 19.4 Å². The third kappa shape index (κ3) is 7.99. The third-order valence-electron chi connectivity index (χ3n) is 6.43. The molecular weight excluding hydrogens is 490 g/mol. The van der Waals surface area contributed by atoms with Gasteiger partial charge in [0.2, 0.25) is 5.91 Å². The number of nitrogens with zero attached hydrogens (tertiary/aromatic N) is 2. The molecule has 3 aromatic rings. The first-order chi connectivity index (χ1) is 18.6. The Hall–Kier alpha value is -4.00. The smallest absolute Gasteiger partial charge is 0.310 e. The molecule has 0 saturated heterocycles. The molecule has 2 aromatic carbocycles. The summed E-state index contributed by atoms with van der Waals surface area (Å²) < 4.78 is 5.11. The van der Waals surface area contributed by atoms with Gasteiger partial charge in [-0.2, -0.15) is 0 Å². The lowest BCUT2D eigenvalue weighted by Gasteiger charge is -2.25. The van der Waals surface area contributed by atoms with Gasteiger partial charge in [-0.15, -0.1) is 0 Å². The van der Waals surface area contributed by atoms with E-state index in [9.17, 15) is 14.4 Å². The van der Waals surface area contributed by atoms with Crippen LogP contribution in [0.25, 0.3) is 11.1 Å². The topological polar surface area (TPSA) is 88.6 Å². The Kier molecular flexibility index (Phi) is 8.79. The van der Waals surface area contributed by atoms with E-state index in [2.05, 4.69) is 10.3 Å². The molecule has 1 heterocycles. The molecule has 7 heteroatoms. The minimum atomic E-state index is -0.386. The van der Waals surface area contributed by atoms with Crippen molar-refractivity contribution in [2.45, 2.75) is 65.6 Å². The van der Waals surface area contributed by atoms with Gasteiger partial charge in [0.05, 0.1) is 13.0 Å². The van der Waals surface area contributed by atoms with Crippen LogP contribution in [-0.2, 0) is 33.8 Å². The summed E-state index contributed by atoms with van der Waals surface area (Å²) in [4.78, 5) is 44.8. The molecule has 0 bridgehead atoms. The molecular formula is C32H37N3O4. The highest BCUT2D eigenvalue weighted by molar-refractivity contribution is 5.95. The number of rotatable bonds is 10. The van der Waals surface area contributed by atoms with Crippen molar-refractivity contribution < 1.29 is 19.1 Å². The molecule has 1 aromatic heterocycles. The van der Waals surface area contributed by atoms with Gasteiger partial charge in [0.1, 0.15) is 0 Å². The average molecular weight is 528 g/mol. The van der Waals surface area contributed by atoms with Crippen LogP contribution in [0, 0.1) is 5.92 Å². The van der Waals surface area contributed by atoms with Crippen LogP contribution in [0.2, 0.25) is 0 Å². The lowest BCUT2D eigenvalue weighted by atomic mass is 9.96. The lowest BCUT2D eigenvalue weighted by molar-refractivity contribution is -0.142. The minimum absolute atomic E-state index is 0.0547. The third-order valence-corrected chi connectivity index (χ3v) is 6.43. The van der Waals surface area contributed by atoms with Gasteiger partial charge >= 0.3 is 5.97 Å². The molecule has 1 aliphatic carbocycles. The number of hydrogen-bond donors (Lipinski definition) is 1. The van der Waals surface area contributed by atoms with Crippen LogP contribution < -0.4 is 5.32 Å². The highest BCUT2D eigenvalue weighted by atomic mass is 16.5. The van der Waals surface area contributed by atoms with Crippen LogP contribution in [-0.4, -0.2) is 39.8 Å². The number of ether oxygens (including phenoxy) is 1. The highest BCUT2D eigenvalue weighted by Crippen LogP contribution is 2.33. The van der Waals surface area contributed by atoms with Crippen molar-refractivity contribution in [2.75, 3.05) is 6.61 Å². The summed E-state index contributed by atoms with van der Waals surface area (Å²) in [6.07, 6.45) is 5.34. The Morgan fingerprint density at radius 2 is 1.72 bits per heavy atom. The predicted octanol–water partition coefficient (Wildman–Crippen LogP) is 5.32. The molecule has 1 saturated carbocycles. The Morgan fingerprint density at radius 1 is 0.974 bits per heavy atom. The first-order valence-corrected chi connectivity index (χ1v) is 13.5. The number of aromatic nitrogens is 1. The monoisotopic (exact) mass is 527 g/mol. The molecule has 0 spiro atoms. The Bertz CT molecular complexity index is 1330. The lowest BCUT2D eigenvalue weighted by Crippen LogP contribution is -2.40. The van der Waals surface area contributed by atoms with Gasteiger partial charge < -0.3 is 15.0 Å². The van der Waals surface area contributed by atoms with E-state index >= 15 is 0 Å². The van der Waals surface area contributed by atoms with Gasteiger partial charge in [0.25, 0.3) is 5.91 Å². The number of esters is 1. The zero-order chi connectivity index (χ0) is 28.0. The molecule has 2 amide bonds. The number of carbonyl (C=O) groups excluding carboxylic acids is 3. The maximum Gasteiger partial charge on any atom is 0.310 e. The van der Waals surface area contributed by atoms with E-state index in [4.69, 9.17) is 4.74 Å². The second kappa shape index (κ2) is 12.2. The Morgan fingerprint density at radius 3 is 2.38 bits per heavy atom. The summed E-state index contributed by atoms with van der Waals surface area (Å²) in [5, 5.41) is 3.03. The second-order valence-corrected chi connectivity index (χ2v) is 11.1. The van der Waals surface area contributed by atoms with Crippen molar-refractivity contribution >= 4 is 17.8 Å². The fraction of sp³-hybridized carbons (Fsp3) is 0.375. The number of benzene rings is 2. The first kappa shape index (κ1) is 28.0. The van der Waals surface area contributed by atoms with Crippen LogP contribution in [0.15, 0.2) is 67.0 Å². The fourth-order valence-electron chi connectivity index (χ4n) is 4.48. The van der Waals surface area contributed by atoms with Crippen LogP contribution in [0.4, 0.5) is 0 Å². The molecule has 204 valence electrons. The summed E-state index contributed by atoms with van der Waals surface area (Å²) >= 11 is 0. The number of amides is 2. The van der Waals surface area contributed by atoms with Crippen molar-refractivity contribution in [1.29, 1.82) is 0 Å². The van der Waals surface area contributed by atoms with E-state index < -0.39 is 0 Å². The highest BCUT2D eigenvalue weighted by Gasteiger charge is 2.34. The van der Waals surface area contributed by atoms with Gasteiger partial charge in [0.15, 0.2) is 0 Å². The van der Waals surface area contributed by atoms with Gasteiger partial charge in [-0.05, 0) is 81.0 Å². The fourth-order valence-corrected chi connectivity index (χ4v) is 4.48. The Balaban J connectivity index is 1.72. The molecule has 0 atom stereocenters. The molecule has 39 heavy (non-hydrogen) atoms. The second-order valence-electron chi connectivity index (χ2n) is 11.1. The van der Waals surface area contributed by atoms with Crippen LogP contribution >= 0.6 is 0 Å². The molecule has 7 nitrogen and oxygen atoms in total. The number of carbonyl (C=O) groups is 3. The number of nitrogens with one attached hydrogen (secondary N) is 1. The summed E-state index contributed by atoms with van der Waals surface area (Å²) in [5.41, 5.74) is 4.45. The van der Waals surface area contributed by atoms with E-state index in [-0.39, 0.29) is 35.7 Å². The van der Waals surface area contributed by atoms with E-state index in [1.165, 1.54) is 0 Å². The van der Waals surface area contributed by atoms with Crippen molar-refractivity contribution in [3.05, 3.63) is 89.2 Å². The molecule has 4 rings (SSSR count). The Labute approximate surface area is 230 Å². The van der Waals surface area contributed by atoms with E-state index in [0.29, 0.717) is 25.3 Å². The number of hydrogen-bond acceptors (Lipinski definition) is 5. The molecule has 0 aliphatic heterocycles. The average Bonchev–Trinajstić information content (AvgIpc) is 3.73. The predicted molar refractivity (Wildman–Crippen MR) is 151 cm³/mol. The van der Waals surface area contributed by atoms with E-state index in [0.717, 1.165) is 40.7 Å². The number of pyridine rings is 1. The van der Waals surface area contributed by atoms with Gasteiger partial charge in [-0.1, -0.05) is 36.4 Å². The molecule has 1 N–H and O–H groups in total. The SMILES string of the molecule is CCOC(=O)Cc1cncc(-c2ccc(C(=O)NC(C)(C)C)cc2CN(Cc2ccccc2)C(=O)C2CC2)c1. The largest absolute Gasteiger partial charge is 0.466 e. The van der Waals surface area contributed by atoms with Crippen molar-refractivity contribution in [3.63, 3.8) is 0 Å². The normalized spacial score (nSPS) is 13.0. The molecule has 1 aliphatic rings. The van der Waals surface area contributed by atoms with Gasteiger partial charge in [0, 0.05) is 48.1 Å². The molecule has 0 radical (unpaired) electrons. The van der Waals surface area contributed by atoms with Crippen molar-refractivity contribution in [2.24, 2.45) is 5.92 Å². The van der Waals surface area contributed by atoms with Crippen LogP contribution in [0.5, 0.6) is 0 Å². The maximum absolute atomic E-state index is 13.4. The van der Waals surface area contributed by atoms with Gasteiger partial charge in [-0.25, -0.2) is 0 Å². The molecule has 1 fully saturated rings. The minimum Gasteiger partial charge on any atom is -0.466 e. The van der Waals surface area contributed by atoms with Crippen LogP contribution in [0.1, 0.15) is 67.6 Å². The summed E-state index contributed by atoms with van der Waals surface area (Å²) in [7, 11) is 0. The van der Waals surface area contributed by atoms with Crippen molar-refractivity contribution in [3.8, 4) is 11.1 Å². The summed E-state index contributed by atoms with van der Waals surface area (Å²) in [6, 6.07) is 17.4. The zero-order valence-corrected chi connectivity index (χ0v) is 23.2. The summed E-state index contributed by atoms with van der Waals surface area (Å²) in [5.74, 6) is -0.301. The maximum atomic E-state index is 13.4.